The summed E-state index contributed by atoms with van der Waals surface area (Å²) in [5.41, 5.74) is 2.56. The maximum absolute atomic E-state index is 13.3. The van der Waals surface area contributed by atoms with Gasteiger partial charge in [0.1, 0.15) is 0 Å². The van der Waals surface area contributed by atoms with E-state index in [2.05, 4.69) is 11.6 Å². The molecule has 0 aliphatic heterocycles. The van der Waals surface area contributed by atoms with Gasteiger partial charge < -0.3 is 0 Å². The van der Waals surface area contributed by atoms with E-state index in [1.54, 1.807) is 31.3 Å². The Hall–Kier alpha value is -2.79. The van der Waals surface area contributed by atoms with Gasteiger partial charge in [0, 0.05) is 17.2 Å². The molecule has 1 amide bonds. The quantitative estimate of drug-likeness (QED) is 0.664. The molecule has 0 radical (unpaired) electrons. The number of carbonyl (C=O) groups is 1. The van der Waals surface area contributed by atoms with Crippen molar-refractivity contribution >= 4 is 33.5 Å². The molecule has 0 unspecified atom stereocenters. The summed E-state index contributed by atoms with van der Waals surface area (Å²) in [7, 11) is -1.74. The molecule has 126 valence electrons. The van der Waals surface area contributed by atoms with Crippen LogP contribution in [-0.4, -0.2) is 15.1 Å². The lowest BCUT2D eigenvalue weighted by atomic mass is 10.2. The summed E-state index contributed by atoms with van der Waals surface area (Å²) < 4.78 is 14.6. The lowest BCUT2D eigenvalue weighted by molar-refractivity contribution is -0.113. The van der Waals surface area contributed by atoms with E-state index in [-0.39, 0.29) is 5.91 Å². The van der Waals surface area contributed by atoms with Gasteiger partial charge in [0.05, 0.1) is 16.1 Å². The van der Waals surface area contributed by atoms with Gasteiger partial charge >= 0.3 is 0 Å². The summed E-state index contributed by atoms with van der Waals surface area (Å²) in [6.45, 7) is 7.29. The van der Waals surface area contributed by atoms with Crippen molar-refractivity contribution in [2.24, 2.45) is 0 Å². The smallest absolute Gasteiger partial charge is 0.265 e. The maximum atomic E-state index is 13.3. The average Bonchev–Trinajstić information content (AvgIpc) is 2.62. The lowest BCUT2D eigenvalue weighted by Gasteiger charge is -2.22. The van der Waals surface area contributed by atoms with Gasteiger partial charge in [0.25, 0.3) is 5.91 Å². The molecule has 0 saturated heterocycles. The zero-order chi connectivity index (χ0) is 18.0. The molecule has 0 N–H and O–H groups in total. The molecule has 3 aromatic rings. The van der Waals surface area contributed by atoms with Gasteiger partial charge in [-0.1, -0.05) is 42.5 Å². The van der Waals surface area contributed by atoms with Crippen molar-refractivity contribution in [2.45, 2.75) is 18.7 Å². The van der Waals surface area contributed by atoms with Crippen molar-refractivity contribution in [3.63, 3.8) is 0 Å². The zero-order valence-corrected chi connectivity index (χ0v) is 14.9. The number of hydrogen-bond acceptors (Lipinski definition) is 3. The fraction of sp³-hybridized carbons (Fsp3) is 0.100. The molecule has 0 bridgehead atoms. The van der Waals surface area contributed by atoms with Gasteiger partial charge in [-0.05, 0) is 38.1 Å². The van der Waals surface area contributed by atoms with Crippen molar-refractivity contribution in [2.75, 3.05) is 4.31 Å². The van der Waals surface area contributed by atoms with Gasteiger partial charge in [-0.2, -0.15) is 0 Å². The van der Waals surface area contributed by atoms with Gasteiger partial charge in [0.2, 0.25) is 0 Å². The fourth-order valence-corrected chi connectivity index (χ4v) is 3.80. The lowest BCUT2D eigenvalue weighted by Crippen LogP contribution is -2.33. The third-order valence-corrected chi connectivity index (χ3v) is 5.18. The largest absolute Gasteiger partial charge is 0.268 e. The average molecular weight is 350 g/mol. The zero-order valence-electron chi connectivity index (χ0n) is 14.1. The molecule has 3 rings (SSSR count). The Balaban J connectivity index is 2.15. The molecule has 1 aromatic heterocycles. The van der Waals surface area contributed by atoms with E-state index in [1.807, 2.05) is 43.3 Å². The topological polar surface area (TPSA) is 50.3 Å². The minimum Gasteiger partial charge on any atom is -0.268 e. The Labute approximate surface area is 149 Å². The van der Waals surface area contributed by atoms with Crippen LogP contribution < -0.4 is 4.31 Å². The van der Waals surface area contributed by atoms with E-state index in [9.17, 15) is 9.00 Å². The number of carbonyl (C=O) groups excluding carboxylic acids is 1. The van der Waals surface area contributed by atoms with E-state index >= 15 is 0 Å². The first-order chi connectivity index (χ1) is 12.0. The number of aryl methyl sites for hydroxylation is 1. The van der Waals surface area contributed by atoms with Crippen molar-refractivity contribution in [1.82, 2.24) is 4.98 Å². The number of fused-ring (bicyclic) bond motifs is 1. The predicted molar refractivity (Wildman–Crippen MR) is 102 cm³/mol. The molecule has 2 aromatic carbocycles. The fourth-order valence-electron chi connectivity index (χ4n) is 2.46. The first kappa shape index (κ1) is 17.0. The van der Waals surface area contributed by atoms with Crippen molar-refractivity contribution in [3.8, 4) is 0 Å². The molecular formula is C20H18N2O2S. The number of amides is 1. The molecule has 1 atom stereocenters. The van der Waals surface area contributed by atoms with Gasteiger partial charge in [-0.25, -0.2) is 8.51 Å². The van der Waals surface area contributed by atoms with Crippen molar-refractivity contribution in [3.05, 3.63) is 78.5 Å². The summed E-state index contributed by atoms with van der Waals surface area (Å²) in [5, 5.41) is 0.875. The first-order valence-corrected chi connectivity index (χ1v) is 8.92. The number of para-hydroxylation sites is 1. The molecular weight excluding hydrogens is 332 g/mol. The first-order valence-electron chi connectivity index (χ1n) is 7.81. The Morgan fingerprint density at radius 2 is 1.76 bits per heavy atom. The number of anilines is 1. The minimum atomic E-state index is -1.74. The summed E-state index contributed by atoms with van der Waals surface area (Å²) in [6, 6.07) is 16.5. The maximum Gasteiger partial charge on any atom is 0.265 e. The Morgan fingerprint density at radius 3 is 2.44 bits per heavy atom. The van der Waals surface area contributed by atoms with Gasteiger partial charge in [-0.3, -0.25) is 9.78 Å². The van der Waals surface area contributed by atoms with E-state index in [0.717, 1.165) is 10.9 Å². The standard InChI is InChI=1S/C20H18N2O2S/c1-14(2)20(23)22(17-11-9-15(3)10-12-17)25(24)18-8-4-6-16-7-5-13-21-19(16)18/h4-13H,1H2,2-3H3/t25-/m0/s1. The minimum absolute atomic E-state index is 0.321. The van der Waals surface area contributed by atoms with Crippen LogP contribution in [0.2, 0.25) is 0 Å². The number of rotatable bonds is 4. The molecule has 1 heterocycles. The highest BCUT2D eigenvalue weighted by Gasteiger charge is 2.25. The number of aromatic nitrogens is 1. The molecule has 4 nitrogen and oxygen atoms in total. The Bertz CT molecular complexity index is 975. The van der Waals surface area contributed by atoms with E-state index in [4.69, 9.17) is 0 Å². The highest BCUT2D eigenvalue weighted by Crippen LogP contribution is 2.26. The second-order valence-electron chi connectivity index (χ2n) is 5.80. The van der Waals surface area contributed by atoms with Crippen LogP contribution in [0.15, 0.2) is 77.8 Å². The van der Waals surface area contributed by atoms with Crippen LogP contribution in [0.5, 0.6) is 0 Å². The van der Waals surface area contributed by atoms with Gasteiger partial charge in [-0.15, -0.1) is 0 Å². The predicted octanol–water partition coefficient (Wildman–Crippen LogP) is 4.18. The van der Waals surface area contributed by atoms with Crippen LogP contribution in [0.3, 0.4) is 0 Å². The van der Waals surface area contributed by atoms with E-state index < -0.39 is 11.0 Å². The Kier molecular flexibility index (Phi) is 4.76. The highest BCUT2D eigenvalue weighted by molar-refractivity contribution is 7.87. The molecule has 5 heteroatoms. The molecule has 0 aliphatic rings. The van der Waals surface area contributed by atoms with Crippen molar-refractivity contribution in [1.29, 1.82) is 0 Å². The Morgan fingerprint density at radius 1 is 1.08 bits per heavy atom. The SMILES string of the molecule is C=C(C)C(=O)N(c1ccc(C)cc1)[S@@](=O)c1cccc2cccnc12. The molecule has 0 spiro atoms. The van der Waals surface area contributed by atoms with Crippen LogP contribution in [0.4, 0.5) is 5.69 Å². The number of benzene rings is 2. The monoisotopic (exact) mass is 350 g/mol. The second-order valence-corrected chi connectivity index (χ2v) is 7.10. The second kappa shape index (κ2) is 6.99. The number of nitrogens with zero attached hydrogens (tertiary/aromatic N) is 2. The molecule has 25 heavy (non-hydrogen) atoms. The normalized spacial score (nSPS) is 11.9. The van der Waals surface area contributed by atoms with Crippen LogP contribution in [-0.2, 0) is 15.8 Å². The number of pyridine rings is 1. The highest BCUT2D eigenvalue weighted by atomic mass is 32.2. The third-order valence-electron chi connectivity index (χ3n) is 3.77. The summed E-state index contributed by atoms with van der Waals surface area (Å²) >= 11 is 0. The summed E-state index contributed by atoms with van der Waals surface area (Å²) in [5.74, 6) is -0.380. The summed E-state index contributed by atoms with van der Waals surface area (Å²) in [4.78, 5) is 17.5. The van der Waals surface area contributed by atoms with E-state index in [1.165, 1.54) is 4.31 Å². The van der Waals surface area contributed by atoms with Crippen LogP contribution >= 0.6 is 0 Å². The van der Waals surface area contributed by atoms with Crippen LogP contribution in [0.25, 0.3) is 10.9 Å². The van der Waals surface area contributed by atoms with Crippen molar-refractivity contribution < 1.29 is 9.00 Å². The third kappa shape index (κ3) is 3.37. The number of hydrogen-bond donors (Lipinski definition) is 0. The molecule has 0 fully saturated rings. The molecule has 0 saturated carbocycles. The molecule has 0 aliphatic carbocycles. The van der Waals surface area contributed by atoms with Gasteiger partial charge in [0.15, 0.2) is 11.0 Å². The summed E-state index contributed by atoms with van der Waals surface area (Å²) in [6.07, 6.45) is 1.65. The van der Waals surface area contributed by atoms with Crippen LogP contribution in [0.1, 0.15) is 12.5 Å². The van der Waals surface area contributed by atoms with E-state index in [0.29, 0.717) is 21.7 Å². The van der Waals surface area contributed by atoms with Crippen LogP contribution in [0, 0.1) is 6.92 Å².